The maximum Gasteiger partial charge on any atom is 0.406 e. The molecule has 0 aliphatic carbocycles. The molecule has 0 aromatic heterocycles. The monoisotopic (exact) mass is 219 g/mol. The third-order valence-corrected chi connectivity index (χ3v) is 1.32. The van der Waals surface area contributed by atoms with Gasteiger partial charge in [-0.3, -0.25) is 15.6 Å². The quantitative estimate of drug-likeness (QED) is 0.289. The van der Waals surface area contributed by atoms with Crippen LogP contribution in [0.25, 0.3) is 0 Å². The normalized spacial score (nSPS) is 9.47. The summed E-state index contributed by atoms with van der Waals surface area (Å²) in [6.07, 6.45) is -0.461. The first-order chi connectivity index (χ1) is 7.16. The van der Waals surface area contributed by atoms with Crippen molar-refractivity contribution in [2.45, 2.75) is 6.92 Å². The fraction of sp³-hybridized carbons (Fsp3) is 0.750. The van der Waals surface area contributed by atoms with Crippen molar-refractivity contribution < 1.29 is 19.1 Å². The summed E-state index contributed by atoms with van der Waals surface area (Å²) in [7, 11) is 1.49. The highest BCUT2D eigenvalue weighted by Gasteiger charge is 1.95. The van der Waals surface area contributed by atoms with Crippen LogP contribution in [0.3, 0.4) is 0 Å². The molecule has 0 heterocycles. The highest BCUT2D eigenvalue weighted by atomic mass is 16.5. The van der Waals surface area contributed by atoms with Gasteiger partial charge >= 0.3 is 12.1 Å². The Balaban J connectivity index is 3.05. The molecular formula is C8H17N3O4. The van der Waals surface area contributed by atoms with Gasteiger partial charge in [0.05, 0.1) is 0 Å². The van der Waals surface area contributed by atoms with Crippen LogP contribution < -0.4 is 16.2 Å². The van der Waals surface area contributed by atoms with Gasteiger partial charge in [0.1, 0.15) is 13.2 Å². The summed E-state index contributed by atoms with van der Waals surface area (Å²) in [5.74, 6) is -0.306. The number of hydrogen-bond donors (Lipinski definition) is 3. The highest BCUT2D eigenvalue weighted by molar-refractivity contribution is 5.66. The van der Waals surface area contributed by atoms with E-state index in [9.17, 15) is 9.59 Å². The fourth-order valence-electron chi connectivity index (χ4n) is 0.689. The first kappa shape index (κ1) is 13.7. The molecule has 0 spiro atoms. The summed E-state index contributed by atoms with van der Waals surface area (Å²) in [6, 6.07) is 0. The van der Waals surface area contributed by atoms with Crippen molar-refractivity contribution in [3.05, 3.63) is 0 Å². The molecule has 7 heteroatoms. The topological polar surface area (TPSA) is 88.7 Å². The van der Waals surface area contributed by atoms with Gasteiger partial charge in [-0.25, -0.2) is 4.79 Å². The third-order valence-electron chi connectivity index (χ3n) is 1.32. The average molecular weight is 219 g/mol. The van der Waals surface area contributed by atoms with Crippen LogP contribution in [0.1, 0.15) is 6.92 Å². The van der Waals surface area contributed by atoms with Gasteiger partial charge in [0.2, 0.25) is 0 Å². The maximum absolute atomic E-state index is 10.6. The minimum atomic E-state index is -0.461. The fourth-order valence-corrected chi connectivity index (χ4v) is 0.689. The number of rotatable bonds is 7. The molecule has 0 fully saturated rings. The lowest BCUT2D eigenvalue weighted by Gasteiger charge is -2.07. The Labute approximate surface area is 88.5 Å². The zero-order chi connectivity index (χ0) is 11.5. The number of amides is 1. The van der Waals surface area contributed by atoms with E-state index in [2.05, 4.69) is 20.9 Å². The van der Waals surface area contributed by atoms with Gasteiger partial charge in [-0.2, -0.15) is 0 Å². The Bertz CT molecular complexity index is 198. The Hall–Kier alpha value is -1.34. The van der Waals surface area contributed by atoms with E-state index >= 15 is 0 Å². The van der Waals surface area contributed by atoms with E-state index in [1.54, 1.807) is 0 Å². The van der Waals surface area contributed by atoms with Crippen LogP contribution in [-0.2, 0) is 14.3 Å². The molecule has 0 aliphatic rings. The number of carbonyl (C=O) groups excluding carboxylic acids is 2. The maximum atomic E-state index is 10.6. The molecule has 0 saturated carbocycles. The van der Waals surface area contributed by atoms with E-state index in [1.165, 1.54) is 14.0 Å². The van der Waals surface area contributed by atoms with E-state index in [0.717, 1.165) is 0 Å². The molecule has 0 unspecified atom stereocenters. The average Bonchev–Trinajstić information content (AvgIpc) is 2.21. The molecule has 0 bridgehead atoms. The van der Waals surface area contributed by atoms with Gasteiger partial charge in [-0.1, -0.05) is 0 Å². The van der Waals surface area contributed by atoms with Crippen LogP contribution in [0.5, 0.6) is 0 Å². The molecule has 0 atom stereocenters. The lowest BCUT2D eigenvalue weighted by molar-refractivity contribution is -0.140. The number of hydrazine groups is 1. The van der Waals surface area contributed by atoms with Crippen molar-refractivity contribution in [2.75, 3.05) is 33.4 Å². The van der Waals surface area contributed by atoms with Crippen LogP contribution in [-0.4, -0.2) is 45.4 Å². The Morgan fingerprint density at radius 2 is 1.60 bits per heavy atom. The largest absolute Gasteiger partial charge is 0.464 e. The molecule has 1 amide bonds. The van der Waals surface area contributed by atoms with Gasteiger partial charge in [-0.15, -0.1) is 0 Å². The summed E-state index contributed by atoms with van der Waals surface area (Å²) in [6.45, 7) is 2.90. The van der Waals surface area contributed by atoms with Crippen LogP contribution in [0.4, 0.5) is 4.79 Å². The zero-order valence-electron chi connectivity index (χ0n) is 8.96. The number of nitrogens with one attached hydrogen (secondary N) is 3. The number of hydrogen-bond acceptors (Lipinski definition) is 6. The zero-order valence-corrected chi connectivity index (χ0v) is 8.96. The minimum Gasteiger partial charge on any atom is -0.464 e. The second-order valence-corrected chi connectivity index (χ2v) is 2.58. The summed E-state index contributed by atoms with van der Waals surface area (Å²) in [5.41, 5.74) is 5.59. The lowest BCUT2D eigenvalue weighted by Crippen LogP contribution is -2.37. The first-order valence-corrected chi connectivity index (χ1v) is 4.60. The predicted molar refractivity (Wildman–Crippen MR) is 53.0 cm³/mol. The molecule has 0 aromatic rings. The molecule has 7 nitrogen and oxygen atoms in total. The summed E-state index contributed by atoms with van der Waals surface area (Å²) >= 11 is 0. The van der Waals surface area contributed by atoms with Crippen molar-refractivity contribution in [2.24, 2.45) is 0 Å². The van der Waals surface area contributed by atoms with Crippen LogP contribution >= 0.6 is 0 Å². The van der Waals surface area contributed by atoms with Gasteiger partial charge in [0.15, 0.2) is 0 Å². The number of ether oxygens (including phenoxy) is 2. The molecule has 3 N–H and O–H groups in total. The van der Waals surface area contributed by atoms with Crippen LogP contribution in [0, 0.1) is 0 Å². The minimum absolute atomic E-state index is 0.264. The molecule has 15 heavy (non-hydrogen) atoms. The summed E-state index contributed by atoms with van der Waals surface area (Å²) < 4.78 is 9.37. The smallest absolute Gasteiger partial charge is 0.406 e. The predicted octanol–water partition coefficient (Wildman–Crippen LogP) is -1.00. The summed E-state index contributed by atoms with van der Waals surface area (Å²) in [4.78, 5) is 20.9. The van der Waals surface area contributed by atoms with Crippen molar-refractivity contribution >= 4 is 12.1 Å². The molecule has 0 saturated heterocycles. The number of carbonyl (C=O) groups is 2. The number of esters is 1. The Morgan fingerprint density at radius 3 is 2.07 bits per heavy atom. The molecule has 0 aromatic carbocycles. The molecule has 0 aliphatic heterocycles. The van der Waals surface area contributed by atoms with E-state index in [4.69, 9.17) is 4.74 Å². The van der Waals surface area contributed by atoms with E-state index < -0.39 is 6.09 Å². The second-order valence-electron chi connectivity index (χ2n) is 2.58. The summed E-state index contributed by atoms with van der Waals surface area (Å²) in [5, 5.41) is 2.32. The standard InChI is InChI=1S/C8H17N3O4/c1-7(12)14-5-3-10-11-4-6-15-8(13)9-2/h10-11H,3-6H2,1-2H3,(H,9,13). The SMILES string of the molecule is CNC(=O)OCCNNCCOC(C)=O. The van der Waals surface area contributed by atoms with E-state index in [0.29, 0.717) is 19.7 Å². The Morgan fingerprint density at radius 1 is 1.07 bits per heavy atom. The van der Waals surface area contributed by atoms with E-state index in [1.807, 2.05) is 0 Å². The van der Waals surface area contributed by atoms with Crippen molar-refractivity contribution in [3.8, 4) is 0 Å². The second kappa shape index (κ2) is 9.22. The molecule has 88 valence electrons. The number of alkyl carbamates (subject to hydrolysis) is 1. The van der Waals surface area contributed by atoms with Crippen LogP contribution in [0.15, 0.2) is 0 Å². The van der Waals surface area contributed by atoms with Crippen molar-refractivity contribution in [1.29, 1.82) is 0 Å². The van der Waals surface area contributed by atoms with Gasteiger partial charge < -0.3 is 14.8 Å². The van der Waals surface area contributed by atoms with Crippen molar-refractivity contribution in [1.82, 2.24) is 16.2 Å². The lowest BCUT2D eigenvalue weighted by atomic mass is 10.7. The molecule has 0 rings (SSSR count). The Kier molecular flexibility index (Phi) is 8.40. The third kappa shape index (κ3) is 10.6. The highest BCUT2D eigenvalue weighted by Crippen LogP contribution is 1.74. The van der Waals surface area contributed by atoms with Crippen molar-refractivity contribution in [3.63, 3.8) is 0 Å². The first-order valence-electron chi connectivity index (χ1n) is 4.60. The molecule has 0 radical (unpaired) electrons. The van der Waals surface area contributed by atoms with Crippen LogP contribution in [0.2, 0.25) is 0 Å². The van der Waals surface area contributed by atoms with Gasteiger partial charge in [0, 0.05) is 27.1 Å². The van der Waals surface area contributed by atoms with E-state index in [-0.39, 0.29) is 12.6 Å². The van der Waals surface area contributed by atoms with Gasteiger partial charge in [0.25, 0.3) is 0 Å². The van der Waals surface area contributed by atoms with Gasteiger partial charge in [-0.05, 0) is 0 Å². The molecular weight excluding hydrogens is 202 g/mol.